The highest BCUT2D eigenvalue weighted by atomic mass is 32.1. The molecule has 0 aliphatic carbocycles. The van der Waals surface area contributed by atoms with E-state index in [0.717, 1.165) is 84.1 Å². The maximum atomic E-state index is 11.9. The minimum absolute atomic E-state index is 0.276. The number of para-hydroxylation sites is 1. The average molecular weight is 532 g/mol. The van der Waals surface area contributed by atoms with Crippen LogP contribution in [0.4, 0.5) is 5.82 Å². The number of carbonyl (C=O) groups is 1. The zero-order valence-electron chi connectivity index (χ0n) is 21.9. The largest absolute Gasteiger partial charge is 0.378 e. The van der Waals surface area contributed by atoms with Crippen LogP contribution in [0.2, 0.25) is 0 Å². The van der Waals surface area contributed by atoms with Gasteiger partial charge in [-0.1, -0.05) is 18.2 Å². The molecule has 2 aliphatic heterocycles. The van der Waals surface area contributed by atoms with Crippen molar-refractivity contribution < 1.29 is 9.53 Å². The molecule has 5 heterocycles. The predicted molar refractivity (Wildman–Crippen MR) is 151 cm³/mol. The third kappa shape index (κ3) is 4.73. The molecule has 38 heavy (non-hydrogen) atoms. The van der Waals surface area contributed by atoms with Crippen molar-refractivity contribution >= 4 is 44.2 Å². The maximum Gasteiger partial charge on any atom is 0.237 e. The van der Waals surface area contributed by atoms with Crippen molar-refractivity contribution in [2.24, 2.45) is 5.73 Å². The lowest BCUT2D eigenvalue weighted by atomic mass is 10.0. The number of carbonyl (C=O) groups excluding carboxylic acids is 1. The lowest BCUT2D eigenvalue weighted by Crippen LogP contribution is -2.59. The van der Waals surface area contributed by atoms with Crippen LogP contribution in [0.15, 0.2) is 42.6 Å². The summed E-state index contributed by atoms with van der Waals surface area (Å²) in [6.45, 7) is 11.1. The van der Waals surface area contributed by atoms with E-state index in [1.807, 2.05) is 44.3 Å². The van der Waals surface area contributed by atoms with Crippen LogP contribution in [0.3, 0.4) is 0 Å². The fourth-order valence-electron chi connectivity index (χ4n) is 5.28. The van der Waals surface area contributed by atoms with E-state index in [4.69, 9.17) is 20.4 Å². The van der Waals surface area contributed by atoms with Crippen LogP contribution in [0.25, 0.3) is 32.5 Å². The SMILES string of the molecule is CC(C)(C(N)=O)N1CCN(Cc2cc3nc(-c4ccnc5ccccc45)nc(N4CCOCC4)c3s2)CC1. The van der Waals surface area contributed by atoms with Crippen molar-refractivity contribution in [1.82, 2.24) is 24.8 Å². The van der Waals surface area contributed by atoms with Crippen LogP contribution in [-0.4, -0.2) is 88.7 Å². The van der Waals surface area contributed by atoms with Gasteiger partial charge < -0.3 is 15.4 Å². The van der Waals surface area contributed by atoms with Crippen molar-refractivity contribution in [2.75, 3.05) is 57.4 Å². The highest BCUT2D eigenvalue weighted by Crippen LogP contribution is 2.36. The van der Waals surface area contributed by atoms with E-state index in [2.05, 4.69) is 31.8 Å². The quantitative estimate of drug-likeness (QED) is 0.405. The lowest BCUT2D eigenvalue weighted by molar-refractivity contribution is -0.129. The number of thiophene rings is 1. The first-order chi connectivity index (χ1) is 18.4. The summed E-state index contributed by atoms with van der Waals surface area (Å²) in [5, 5.41) is 1.05. The molecule has 9 nitrogen and oxygen atoms in total. The molecule has 2 saturated heterocycles. The molecular weight excluding hydrogens is 498 g/mol. The van der Waals surface area contributed by atoms with Crippen molar-refractivity contribution in [2.45, 2.75) is 25.9 Å². The second-order valence-corrected chi connectivity index (χ2v) is 11.6. The Hall–Kier alpha value is -3.18. The molecule has 0 bridgehead atoms. The third-order valence-electron chi connectivity index (χ3n) is 7.75. The van der Waals surface area contributed by atoms with E-state index in [9.17, 15) is 4.79 Å². The summed E-state index contributed by atoms with van der Waals surface area (Å²) in [7, 11) is 0. The Morgan fingerprint density at radius 2 is 1.79 bits per heavy atom. The second kappa shape index (κ2) is 10.2. The Labute approximate surface area is 226 Å². The Morgan fingerprint density at radius 3 is 2.55 bits per heavy atom. The Morgan fingerprint density at radius 1 is 1.03 bits per heavy atom. The van der Waals surface area contributed by atoms with Crippen molar-refractivity contribution in [1.29, 1.82) is 0 Å². The summed E-state index contributed by atoms with van der Waals surface area (Å²) in [5.74, 6) is 1.44. The van der Waals surface area contributed by atoms with Crippen molar-refractivity contribution in [3.8, 4) is 11.4 Å². The van der Waals surface area contributed by atoms with Gasteiger partial charge in [0.2, 0.25) is 5.91 Å². The Bertz CT molecular complexity index is 1470. The highest BCUT2D eigenvalue weighted by molar-refractivity contribution is 7.19. The summed E-state index contributed by atoms with van der Waals surface area (Å²) in [4.78, 5) is 34.8. The lowest BCUT2D eigenvalue weighted by Gasteiger charge is -2.42. The van der Waals surface area contributed by atoms with Gasteiger partial charge in [0.25, 0.3) is 0 Å². The number of nitrogens with zero attached hydrogens (tertiary/aromatic N) is 6. The molecule has 3 aromatic heterocycles. The minimum atomic E-state index is -0.625. The Balaban J connectivity index is 1.32. The molecule has 4 aromatic rings. The van der Waals surface area contributed by atoms with Gasteiger partial charge in [-0.25, -0.2) is 9.97 Å². The van der Waals surface area contributed by atoms with Gasteiger partial charge in [0.1, 0.15) is 0 Å². The van der Waals surface area contributed by atoms with E-state index >= 15 is 0 Å². The van der Waals surface area contributed by atoms with E-state index in [0.29, 0.717) is 13.2 Å². The van der Waals surface area contributed by atoms with Gasteiger partial charge in [-0.05, 0) is 32.0 Å². The number of morpholine rings is 1. The van der Waals surface area contributed by atoms with E-state index in [1.165, 1.54) is 4.88 Å². The molecule has 0 saturated carbocycles. The zero-order valence-corrected chi connectivity index (χ0v) is 22.7. The molecule has 0 unspecified atom stereocenters. The standard InChI is InChI=1S/C28H33N7O2S/c1-28(2,27(29)36)35-11-9-33(10-12-35)18-19-17-23-24(38-19)26(34-13-15-37-16-14-34)32-25(31-23)21-7-8-30-22-6-4-3-5-20(21)22/h3-8,17H,9-16,18H2,1-2H3,(H2,29,36). The molecule has 0 radical (unpaired) electrons. The van der Waals surface area contributed by atoms with Crippen LogP contribution in [0.1, 0.15) is 18.7 Å². The fourth-order valence-corrected chi connectivity index (χ4v) is 6.44. The predicted octanol–water partition coefficient (Wildman–Crippen LogP) is 3.12. The number of nitrogens with two attached hydrogens (primary N) is 1. The molecule has 0 spiro atoms. The molecule has 6 rings (SSSR count). The summed E-state index contributed by atoms with van der Waals surface area (Å²) in [5.41, 5.74) is 7.92. The zero-order chi connectivity index (χ0) is 26.3. The molecule has 2 aliphatic rings. The minimum Gasteiger partial charge on any atom is -0.378 e. The van der Waals surface area contributed by atoms with Gasteiger partial charge in [0.05, 0.1) is 34.5 Å². The summed E-state index contributed by atoms with van der Waals surface area (Å²) < 4.78 is 6.75. The number of anilines is 1. The fraction of sp³-hybridized carbons (Fsp3) is 0.429. The second-order valence-electron chi connectivity index (χ2n) is 10.5. The molecular formula is C28H33N7O2S. The summed E-state index contributed by atoms with van der Waals surface area (Å²) in [6.07, 6.45) is 1.83. The molecule has 198 valence electrons. The number of benzene rings is 1. The van der Waals surface area contributed by atoms with Crippen LogP contribution >= 0.6 is 11.3 Å². The molecule has 2 N–H and O–H groups in total. The average Bonchev–Trinajstić information content (AvgIpc) is 3.35. The van der Waals surface area contributed by atoms with Gasteiger partial charge in [0.15, 0.2) is 11.6 Å². The van der Waals surface area contributed by atoms with Crippen molar-refractivity contribution in [3.63, 3.8) is 0 Å². The van der Waals surface area contributed by atoms with Crippen LogP contribution < -0.4 is 10.6 Å². The molecule has 1 aromatic carbocycles. The third-order valence-corrected chi connectivity index (χ3v) is 8.86. The van der Waals surface area contributed by atoms with Gasteiger partial charge in [-0.15, -0.1) is 11.3 Å². The number of rotatable bonds is 6. The molecule has 2 fully saturated rings. The number of pyridine rings is 1. The van der Waals surface area contributed by atoms with E-state index in [1.54, 1.807) is 11.3 Å². The molecule has 10 heteroatoms. The number of ether oxygens (including phenoxy) is 1. The number of primary amides is 1. The number of piperazine rings is 1. The van der Waals surface area contributed by atoms with Crippen LogP contribution in [0, 0.1) is 0 Å². The number of aromatic nitrogens is 3. The Kier molecular flexibility index (Phi) is 6.73. The van der Waals surface area contributed by atoms with Gasteiger partial charge >= 0.3 is 0 Å². The topological polar surface area (TPSA) is 101 Å². The van der Waals surface area contributed by atoms with Crippen LogP contribution in [-0.2, 0) is 16.1 Å². The van der Waals surface area contributed by atoms with Crippen molar-refractivity contribution in [3.05, 3.63) is 47.5 Å². The smallest absolute Gasteiger partial charge is 0.237 e. The molecule has 1 amide bonds. The first-order valence-corrected chi connectivity index (χ1v) is 14.0. The number of fused-ring (bicyclic) bond motifs is 2. The number of hydrogen-bond acceptors (Lipinski definition) is 9. The maximum absolute atomic E-state index is 11.9. The highest BCUT2D eigenvalue weighted by Gasteiger charge is 2.34. The van der Waals surface area contributed by atoms with Gasteiger partial charge in [-0.2, -0.15) is 0 Å². The van der Waals surface area contributed by atoms with Gasteiger partial charge in [-0.3, -0.25) is 19.6 Å². The first-order valence-electron chi connectivity index (χ1n) is 13.1. The van der Waals surface area contributed by atoms with Crippen LogP contribution in [0.5, 0.6) is 0 Å². The summed E-state index contributed by atoms with van der Waals surface area (Å²) >= 11 is 1.78. The normalized spacial score (nSPS) is 17.9. The first kappa shape index (κ1) is 25.1. The number of hydrogen-bond donors (Lipinski definition) is 1. The van der Waals surface area contributed by atoms with E-state index in [-0.39, 0.29) is 5.91 Å². The molecule has 0 atom stereocenters. The van der Waals surface area contributed by atoms with E-state index < -0.39 is 5.54 Å². The van der Waals surface area contributed by atoms with Gasteiger partial charge in [0, 0.05) is 67.8 Å². The summed E-state index contributed by atoms with van der Waals surface area (Å²) in [6, 6.07) is 12.4. The number of amides is 1. The monoisotopic (exact) mass is 531 g/mol.